The second kappa shape index (κ2) is 8.34. The minimum atomic E-state index is -0.118. The predicted molar refractivity (Wildman–Crippen MR) is 105 cm³/mol. The molecule has 0 saturated carbocycles. The largest absolute Gasteiger partial charge is 0.494 e. The third-order valence-corrected chi connectivity index (χ3v) is 4.06. The molecule has 0 aliphatic rings. The van der Waals surface area contributed by atoms with Crippen LogP contribution >= 0.6 is 0 Å². The molecule has 5 nitrogen and oxygen atoms in total. The topological polar surface area (TPSA) is 59.4 Å². The molecule has 134 valence electrons. The zero-order valence-electron chi connectivity index (χ0n) is 15.1. The first kappa shape index (κ1) is 17.7. The first-order valence-electron chi connectivity index (χ1n) is 8.83. The van der Waals surface area contributed by atoms with Crippen LogP contribution < -0.4 is 10.3 Å². The number of nitrogens with zero attached hydrogens (tertiary/aromatic N) is 2. The monoisotopic (exact) mass is 349 g/mol. The van der Waals surface area contributed by atoms with Gasteiger partial charge in [-0.25, -0.2) is 4.68 Å². The third kappa shape index (κ3) is 4.11. The number of aliphatic imine (C=N–C) groups is 1. The van der Waals surface area contributed by atoms with E-state index in [2.05, 4.69) is 17.0 Å². The first-order valence-corrected chi connectivity index (χ1v) is 8.83. The summed E-state index contributed by atoms with van der Waals surface area (Å²) in [5.74, 6) is 0.792. The minimum Gasteiger partial charge on any atom is -0.494 e. The Hall–Kier alpha value is -3.08. The van der Waals surface area contributed by atoms with E-state index in [-0.39, 0.29) is 5.56 Å². The number of unbranched alkanes of at least 4 members (excludes halogenated alkanes) is 1. The molecule has 0 aliphatic carbocycles. The highest BCUT2D eigenvalue weighted by Crippen LogP contribution is 2.20. The Balaban J connectivity index is 1.82. The Kier molecular flexibility index (Phi) is 5.69. The highest BCUT2D eigenvalue weighted by Gasteiger charge is 2.10. The van der Waals surface area contributed by atoms with Crippen LogP contribution in [0.25, 0.3) is 5.69 Å². The van der Waals surface area contributed by atoms with Gasteiger partial charge in [0.05, 0.1) is 23.5 Å². The van der Waals surface area contributed by atoms with Crippen molar-refractivity contribution in [1.82, 2.24) is 9.78 Å². The van der Waals surface area contributed by atoms with E-state index < -0.39 is 0 Å². The van der Waals surface area contributed by atoms with Crippen LogP contribution in [0.4, 0.5) is 5.69 Å². The normalized spacial score (nSPS) is 11.2. The van der Waals surface area contributed by atoms with Gasteiger partial charge < -0.3 is 4.74 Å². The Morgan fingerprint density at radius 2 is 1.96 bits per heavy atom. The van der Waals surface area contributed by atoms with Crippen LogP contribution in [0.15, 0.2) is 64.4 Å². The van der Waals surface area contributed by atoms with Gasteiger partial charge >= 0.3 is 0 Å². The van der Waals surface area contributed by atoms with E-state index in [1.165, 1.54) is 4.68 Å². The molecule has 0 aliphatic heterocycles. The SMILES string of the molecule is CCCCOc1cccc(N=Cc2c(C)[nH]n(-c3ccccc3)c2=O)c1. The molecule has 0 atom stereocenters. The number of nitrogens with one attached hydrogen (secondary N) is 1. The lowest BCUT2D eigenvalue weighted by atomic mass is 10.2. The molecule has 1 aromatic heterocycles. The summed E-state index contributed by atoms with van der Waals surface area (Å²) in [6, 6.07) is 17.1. The first-order chi connectivity index (χ1) is 12.7. The molecule has 0 amide bonds. The second-order valence-electron chi connectivity index (χ2n) is 6.08. The summed E-state index contributed by atoms with van der Waals surface area (Å²) in [4.78, 5) is 17.1. The number of ether oxygens (including phenoxy) is 1. The van der Waals surface area contributed by atoms with Crippen molar-refractivity contribution in [3.63, 3.8) is 0 Å². The van der Waals surface area contributed by atoms with E-state index in [0.29, 0.717) is 12.2 Å². The summed E-state index contributed by atoms with van der Waals surface area (Å²) >= 11 is 0. The Morgan fingerprint density at radius 1 is 1.15 bits per heavy atom. The lowest BCUT2D eigenvalue weighted by molar-refractivity contribution is 0.309. The van der Waals surface area contributed by atoms with Gasteiger partial charge in [-0.2, -0.15) is 0 Å². The highest BCUT2D eigenvalue weighted by molar-refractivity contribution is 5.83. The molecule has 26 heavy (non-hydrogen) atoms. The van der Waals surface area contributed by atoms with Gasteiger partial charge in [0.2, 0.25) is 0 Å². The molecule has 0 unspecified atom stereocenters. The maximum Gasteiger partial charge on any atom is 0.280 e. The molecule has 0 bridgehead atoms. The number of aromatic amines is 1. The van der Waals surface area contributed by atoms with Gasteiger partial charge in [-0.05, 0) is 37.6 Å². The number of para-hydroxylation sites is 1. The van der Waals surface area contributed by atoms with Crippen LogP contribution in [-0.2, 0) is 0 Å². The summed E-state index contributed by atoms with van der Waals surface area (Å²) in [6.07, 6.45) is 3.73. The smallest absolute Gasteiger partial charge is 0.280 e. The maximum atomic E-state index is 12.7. The van der Waals surface area contributed by atoms with Crippen molar-refractivity contribution in [3.8, 4) is 11.4 Å². The van der Waals surface area contributed by atoms with Crippen molar-refractivity contribution in [2.45, 2.75) is 26.7 Å². The average molecular weight is 349 g/mol. The molecule has 2 aromatic carbocycles. The average Bonchev–Trinajstić information content (AvgIpc) is 2.95. The summed E-state index contributed by atoms with van der Waals surface area (Å²) in [5, 5.41) is 3.10. The molecule has 0 fully saturated rings. The van der Waals surface area contributed by atoms with Gasteiger partial charge in [-0.1, -0.05) is 37.6 Å². The second-order valence-corrected chi connectivity index (χ2v) is 6.08. The van der Waals surface area contributed by atoms with Crippen LogP contribution in [0.1, 0.15) is 31.0 Å². The molecule has 1 heterocycles. The van der Waals surface area contributed by atoms with Crippen LogP contribution in [0.2, 0.25) is 0 Å². The lowest BCUT2D eigenvalue weighted by Crippen LogP contribution is -2.17. The van der Waals surface area contributed by atoms with Crippen LogP contribution in [0.5, 0.6) is 5.75 Å². The lowest BCUT2D eigenvalue weighted by Gasteiger charge is -2.05. The van der Waals surface area contributed by atoms with E-state index in [4.69, 9.17) is 4.74 Å². The third-order valence-electron chi connectivity index (χ3n) is 4.06. The van der Waals surface area contributed by atoms with Crippen molar-refractivity contribution >= 4 is 11.9 Å². The highest BCUT2D eigenvalue weighted by atomic mass is 16.5. The predicted octanol–water partition coefficient (Wildman–Crippen LogP) is 4.40. The summed E-state index contributed by atoms with van der Waals surface area (Å²) in [6.45, 7) is 4.69. The minimum absolute atomic E-state index is 0.118. The standard InChI is InChI=1S/C21H23N3O2/c1-3-4-13-26-19-12-8-9-17(14-19)22-15-20-16(2)23-24(21(20)25)18-10-6-5-7-11-18/h5-12,14-15,23H,3-4,13H2,1-2H3. The summed E-state index contributed by atoms with van der Waals surface area (Å²) < 4.78 is 7.23. The summed E-state index contributed by atoms with van der Waals surface area (Å²) in [7, 11) is 0. The molecule has 3 rings (SSSR count). The Labute approximate surface area is 153 Å². The molecule has 5 heteroatoms. The number of aryl methyl sites for hydroxylation is 1. The number of aromatic nitrogens is 2. The fraction of sp³-hybridized carbons (Fsp3) is 0.238. The van der Waals surface area contributed by atoms with Crippen LogP contribution in [-0.4, -0.2) is 22.6 Å². The molecule has 0 saturated heterocycles. The van der Waals surface area contributed by atoms with Crippen molar-refractivity contribution in [2.24, 2.45) is 4.99 Å². The van der Waals surface area contributed by atoms with Crippen molar-refractivity contribution < 1.29 is 4.74 Å². The molecular weight excluding hydrogens is 326 g/mol. The van der Waals surface area contributed by atoms with Crippen molar-refractivity contribution in [3.05, 3.63) is 76.2 Å². The van der Waals surface area contributed by atoms with E-state index in [0.717, 1.165) is 35.7 Å². The molecule has 1 N–H and O–H groups in total. The fourth-order valence-electron chi connectivity index (χ4n) is 2.60. The van der Waals surface area contributed by atoms with E-state index in [9.17, 15) is 4.79 Å². The van der Waals surface area contributed by atoms with Gasteiger partial charge in [0.25, 0.3) is 5.56 Å². The van der Waals surface area contributed by atoms with Crippen LogP contribution in [0, 0.1) is 6.92 Å². The summed E-state index contributed by atoms with van der Waals surface area (Å²) in [5.41, 5.74) is 2.76. The van der Waals surface area contributed by atoms with Gasteiger partial charge in [-0.3, -0.25) is 14.9 Å². The van der Waals surface area contributed by atoms with Gasteiger partial charge in [-0.15, -0.1) is 0 Å². The van der Waals surface area contributed by atoms with E-state index >= 15 is 0 Å². The number of H-pyrrole nitrogens is 1. The Morgan fingerprint density at radius 3 is 2.73 bits per heavy atom. The number of rotatable bonds is 7. The zero-order valence-corrected chi connectivity index (χ0v) is 15.1. The van der Waals surface area contributed by atoms with Gasteiger partial charge in [0.1, 0.15) is 5.75 Å². The van der Waals surface area contributed by atoms with Crippen LogP contribution in [0.3, 0.4) is 0 Å². The molecule has 3 aromatic rings. The molecular formula is C21H23N3O2. The quantitative estimate of drug-likeness (QED) is 0.507. The fourth-order valence-corrected chi connectivity index (χ4v) is 2.60. The Bertz CT molecular complexity index is 939. The number of benzene rings is 2. The zero-order chi connectivity index (χ0) is 18.4. The molecule has 0 radical (unpaired) electrons. The van der Waals surface area contributed by atoms with Crippen molar-refractivity contribution in [2.75, 3.05) is 6.61 Å². The van der Waals surface area contributed by atoms with E-state index in [1.54, 1.807) is 6.21 Å². The van der Waals surface area contributed by atoms with Gasteiger partial charge in [0, 0.05) is 18.0 Å². The van der Waals surface area contributed by atoms with Crippen molar-refractivity contribution in [1.29, 1.82) is 0 Å². The van der Waals surface area contributed by atoms with E-state index in [1.807, 2.05) is 61.5 Å². The number of hydrogen-bond donors (Lipinski definition) is 1. The maximum absolute atomic E-state index is 12.7. The number of hydrogen-bond acceptors (Lipinski definition) is 3. The molecule has 0 spiro atoms. The van der Waals surface area contributed by atoms with Gasteiger partial charge in [0.15, 0.2) is 0 Å².